The van der Waals surface area contributed by atoms with Gasteiger partial charge in [-0.2, -0.15) is 0 Å². The molecule has 9 aromatic rings. The number of rotatable bonds is 4. The molecular weight excluding hydrogens is 707 g/mol. The third-order valence-corrected chi connectivity index (χ3v) is 12.5. The smallest absolute Gasteiger partial charge is 0.262 e. The van der Waals surface area contributed by atoms with Gasteiger partial charge in [0.05, 0.1) is 17.1 Å². The molecule has 0 radical (unpaired) electrons. The van der Waals surface area contributed by atoms with Crippen LogP contribution in [-0.4, -0.2) is 6.71 Å². The van der Waals surface area contributed by atoms with Gasteiger partial charge in [-0.3, -0.25) is 0 Å². The largest absolute Gasteiger partial charge is 0.458 e. The van der Waals surface area contributed by atoms with Crippen LogP contribution in [0.3, 0.4) is 0 Å². The van der Waals surface area contributed by atoms with Crippen molar-refractivity contribution in [1.29, 1.82) is 0 Å². The van der Waals surface area contributed by atoms with Gasteiger partial charge in [0.15, 0.2) is 0 Å². The van der Waals surface area contributed by atoms with Gasteiger partial charge in [-0.15, -0.1) is 0 Å². The first-order valence-corrected chi connectivity index (χ1v) is 20.1. The van der Waals surface area contributed by atoms with Gasteiger partial charge >= 0.3 is 0 Å². The molecule has 0 amide bonds. The summed E-state index contributed by atoms with van der Waals surface area (Å²) < 4.78 is 14.4. The maximum absolute atomic E-state index is 7.36. The molecule has 4 nitrogen and oxygen atoms in total. The van der Waals surface area contributed by atoms with E-state index in [1.54, 1.807) is 0 Å². The number of ether oxygens (including phenoxy) is 2. The lowest BCUT2D eigenvalue weighted by molar-refractivity contribution is 0.453. The molecule has 3 heterocycles. The molecule has 0 saturated heterocycles. The SMILES string of the molecule is CC1(C)c2ccccc2N(c2ccccc2)c2c1c1c(c3ccccc23)B2c3c(cccc3O1)Oc1cc(N(c3ccccc3)c3ccccc3)c3ccccc3c12. The Morgan fingerprint density at radius 2 is 1.03 bits per heavy atom. The predicted octanol–water partition coefficient (Wildman–Crippen LogP) is 12.3. The standard InChI is InChI=1S/C53H37BN2O2/c1-53(2)41-29-16-17-30-42(41)56(36-23-10-5-11-24-36)51-40-28-15-14-27-39(40)49-52(47(51)53)58-45-32-18-31-44-50(45)54(49)48-38-26-13-12-25-37(38)43(33-46(48)57-44)55(34-19-6-3-7-20-34)35-21-8-4-9-22-35/h3-33H,1-2H3. The Kier molecular flexibility index (Phi) is 7.04. The number of hydrogen-bond acceptors (Lipinski definition) is 4. The van der Waals surface area contributed by atoms with E-state index in [9.17, 15) is 0 Å². The highest BCUT2D eigenvalue weighted by Gasteiger charge is 2.48. The van der Waals surface area contributed by atoms with Crippen LogP contribution in [0, 0.1) is 0 Å². The van der Waals surface area contributed by atoms with Crippen molar-refractivity contribution < 1.29 is 9.47 Å². The fourth-order valence-electron chi connectivity index (χ4n) is 10.1. The summed E-state index contributed by atoms with van der Waals surface area (Å²) in [6, 6.07) is 67.2. The van der Waals surface area contributed by atoms with Crippen molar-refractivity contribution >= 4 is 78.8 Å². The average molecular weight is 745 g/mol. The first-order chi connectivity index (χ1) is 28.6. The van der Waals surface area contributed by atoms with Crippen molar-refractivity contribution in [3.63, 3.8) is 0 Å². The van der Waals surface area contributed by atoms with E-state index in [0.29, 0.717) is 0 Å². The van der Waals surface area contributed by atoms with E-state index in [1.165, 1.54) is 33.0 Å². The van der Waals surface area contributed by atoms with Crippen molar-refractivity contribution in [3.05, 3.63) is 199 Å². The van der Waals surface area contributed by atoms with Crippen LogP contribution in [0.1, 0.15) is 25.0 Å². The number of anilines is 6. The second-order valence-corrected chi connectivity index (χ2v) is 16.0. The van der Waals surface area contributed by atoms with Gasteiger partial charge in [0.25, 0.3) is 6.71 Å². The number of nitrogens with zero attached hydrogens (tertiary/aromatic N) is 2. The molecule has 0 bridgehead atoms. The molecule has 58 heavy (non-hydrogen) atoms. The van der Waals surface area contributed by atoms with Crippen LogP contribution >= 0.6 is 0 Å². The number of hydrogen-bond donors (Lipinski definition) is 0. The summed E-state index contributed by atoms with van der Waals surface area (Å²) in [4.78, 5) is 4.80. The minimum atomic E-state index is -0.397. The minimum Gasteiger partial charge on any atom is -0.458 e. The second-order valence-electron chi connectivity index (χ2n) is 16.0. The molecule has 0 aliphatic carbocycles. The summed E-state index contributed by atoms with van der Waals surface area (Å²) in [6.07, 6.45) is 0. The van der Waals surface area contributed by atoms with Gasteiger partial charge in [0, 0.05) is 50.3 Å². The van der Waals surface area contributed by atoms with Crippen molar-refractivity contribution in [2.24, 2.45) is 0 Å². The molecule has 0 N–H and O–H groups in total. The summed E-state index contributed by atoms with van der Waals surface area (Å²) in [5.74, 6) is 3.44. The zero-order chi connectivity index (χ0) is 38.5. The van der Waals surface area contributed by atoms with E-state index in [-0.39, 0.29) is 6.71 Å². The van der Waals surface area contributed by atoms with Gasteiger partial charge in [-0.05, 0) is 81.9 Å². The molecule has 9 aromatic carbocycles. The van der Waals surface area contributed by atoms with Crippen molar-refractivity contribution in [2.45, 2.75) is 19.3 Å². The summed E-state index contributed by atoms with van der Waals surface area (Å²) in [5.41, 5.74) is 12.1. The lowest BCUT2D eigenvalue weighted by Gasteiger charge is -2.45. The number of para-hydroxylation sites is 4. The first kappa shape index (κ1) is 33.0. The van der Waals surface area contributed by atoms with Crippen LogP contribution in [0.2, 0.25) is 0 Å². The Labute approximate surface area is 338 Å². The van der Waals surface area contributed by atoms with Gasteiger partial charge in [0.2, 0.25) is 0 Å². The summed E-state index contributed by atoms with van der Waals surface area (Å²) >= 11 is 0. The Morgan fingerprint density at radius 1 is 0.483 bits per heavy atom. The highest BCUT2D eigenvalue weighted by atomic mass is 16.5. The van der Waals surface area contributed by atoms with E-state index in [2.05, 4.69) is 212 Å². The molecule has 0 saturated carbocycles. The Balaban J connectivity index is 1.19. The van der Waals surface area contributed by atoms with E-state index in [4.69, 9.17) is 9.47 Å². The first-order valence-electron chi connectivity index (χ1n) is 20.1. The normalized spacial score (nSPS) is 14.0. The molecule has 0 unspecified atom stereocenters. The Bertz CT molecular complexity index is 3070. The van der Waals surface area contributed by atoms with Crippen LogP contribution in [0.25, 0.3) is 21.5 Å². The van der Waals surface area contributed by atoms with Crippen LogP contribution in [0.4, 0.5) is 34.1 Å². The minimum absolute atomic E-state index is 0.159. The fraction of sp³-hybridized carbons (Fsp3) is 0.0566. The average Bonchev–Trinajstić information content (AvgIpc) is 3.27. The molecule has 3 aliphatic rings. The van der Waals surface area contributed by atoms with Crippen molar-refractivity contribution in [1.82, 2.24) is 0 Å². The van der Waals surface area contributed by atoms with Gasteiger partial charge in [0.1, 0.15) is 23.0 Å². The molecule has 0 fully saturated rings. The summed E-state index contributed by atoms with van der Waals surface area (Å²) in [6.45, 7) is 4.56. The predicted molar refractivity (Wildman–Crippen MR) is 241 cm³/mol. The molecule has 3 aliphatic heterocycles. The molecule has 12 rings (SSSR count). The van der Waals surface area contributed by atoms with Crippen LogP contribution in [-0.2, 0) is 5.41 Å². The molecule has 0 atom stereocenters. The molecule has 0 aromatic heterocycles. The zero-order valence-corrected chi connectivity index (χ0v) is 32.2. The maximum atomic E-state index is 7.36. The Morgan fingerprint density at radius 3 is 1.72 bits per heavy atom. The van der Waals surface area contributed by atoms with Crippen molar-refractivity contribution in [3.8, 4) is 23.0 Å². The van der Waals surface area contributed by atoms with E-state index in [0.717, 1.165) is 73.1 Å². The molecular formula is C53H37BN2O2. The van der Waals surface area contributed by atoms with Crippen LogP contribution < -0.4 is 35.7 Å². The zero-order valence-electron chi connectivity index (χ0n) is 32.2. The van der Waals surface area contributed by atoms with Crippen LogP contribution in [0.15, 0.2) is 188 Å². The van der Waals surface area contributed by atoms with E-state index in [1.807, 2.05) is 0 Å². The van der Waals surface area contributed by atoms with Gasteiger partial charge in [-0.25, -0.2) is 0 Å². The van der Waals surface area contributed by atoms with Crippen molar-refractivity contribution in [2.75, 3.05) is 9.80 Å². The van der Waals surface area contributed by atoms with E-state index >= 15 is 0 Å². The molecule has 274 valence electrons. The highest BCUT2D eigenvalue weighted by molar-refractivity contribution is 7.01. The topological polar surface area (TPSA) is 24.9 Å². The van der Waals surface area contributed by atoms with E-state index < -0.39 is 5.41 Å². The Hall–Kier alpha value is -7.24. The van der Waals surface area contributed by atoms with Gasteiger partial charge < -0.3 is 19.3 Å². The van der Waals surface area contributed by atoms with Crippen LogP contribution in [0.5, 0.6) is 23.0 Å². The molecule has 0 spiro atoms. The fourth-order valence-corrected chi connectivity index (χ4v) is 10.1. The third kappa shape index (κ3) is 4.59. The molecule has 5 heteroatoms. The number of benzene rings is 9. The lowest BCUT2D eigenvalue weighted by Crippen LogP contribution is -2.58. The second kappa shape index (κ2) is 12.4. The highest BCUT2D eigenvalue weighted by Crippen LogP contribution is 2.58. The maximum Gasteiger partial charge on any atom is 0.262 e. The summed E-state index contributed by atoms with van der Waals surface area (Å²) in [5, 5.41) is 4.68. The quantitative estimate of drug-likeness (QED) is 0.168. The number of fused-ring (bicyclic) bond motifs is 12. The lowest BCUT2D eigenvalue weighted by atomic mass is 9.33. The van der Waals surface area contributed by atoms with Gasteiger partial charge in [-0.1, -0.05) is 141 Å². The third-order valence-electron chi connectivity index (χ3n) is 12.5. The summed E-state index contributed by atoms with van der Waals surface area (Å²) in [7, 11) is 0. The monoisotopic (exact) mass is 744 g/mol.